The molecule has 2 heterocycles. The molecule has 2 aliphatic rings. The molecule has 1 unspecified atom stereocenters. The molecule has 1 aromatic rings. The second-order valence-electron chi connectivity index (χ2n) is 5.36. The zero-order valence-electron chi connectivity index (χ0n) is 11.4. The van der Waals surface area contributed by atoms with Crippen molar-refractivity contribution in [3.8, 4) is 0 Å². The summed E-state index contributed by atoms with van der Waals surface area (Å²) in [4.78, 5) is 16.8. The molecule has 3 rings (SSSR count). The molecule has 0 aromatic heterocycles. The summed E-state index contributed by atoms with van der Waals surface area (Å²) in [5.41, 5.74) is 1.06. The lowest BCUT2D eigenvalue weighted by Crippen LogP contribution is -2.57. The van der Waals surface area contributed by atoms with E-state index in [0.29, 0.717) is 13.1 Å². The highest BCUT2D eigenvalue weighted by molar-refractivity contribution is 7.99. The van der Waals surface area contributed by atoms with Crippen LogP contribution in [0.1, 0.15) is 11.6 Å². The molecule has 0 saturated carbocycles. The minimum Gasteiger partial charge on any atom is -0.389 e. The van der Waals surface area contributed by atoms with E-state index < -0.39 is 0 Å². The first kappa shape index (κ1) is 13.9. The second kappa shape index (κ2) is 6.16. The first-order chi connectivity index (χ1) is 9.75. The number of thioether (sulfide) groups is 1. The summed E-state index contributed by atoms with van der Waals surface area (Å²) in [5.74, 6) is 2.30. The number of carbonyl (C=O) groups is 1. The van der Waals surface area contributed by atoms with E-state index in [4.69, 9.17) is 0 Å². The second-order valence-corrected chi connectivity index (χ2v) is 6.58. The van der Waals surface area contributed by atoms with E-state index in [1.807, 2.05) is 42.1 Å². The Bertz CT molecular complexity index is 456. The summed E-state index contributed by atoms with van der Waals surface area (Å²) in [6, 6.07) is 9.81. The maximum absolute atomic E-state index is 12.7. The van der Waals surface area contributed by atoms with Gasteiger partial charge in [-0.25, -0.2) is 0 Å². The summed E-state index contributed by atoms with van der Waals surface area (Å²) in [6.07, 6.45) is -0.340. The third-order valence-corrected chi connectivity index (χ3v) is 4.88. The molecule has 1 aromatic carbocycles. The number of carbonyl (C=O) groups excluding carboxylic acids is 1. The van der Waals surface area contributed by atoms with Gasteiger partial charge in [-0.1, -0.05) is 30.3 Å². The van der Waals surface area contributed by atoms with Crippen molar-refractivity contribution in [2.24, 2.45) is 0 Å². The monoisotopic (exact) mass is 292 g/mol. The lowest BCUT2D eigenvalue weighted by molar-refractivity contribution is -0.147. The number of hydrogen-bond donors (Lipinski definition) is 1. The van der Waals surface area contributed by atoms with Crippen LogP contribution in [0.2, 0.25) is 0 Å². The summed E-state index contributed by atoms with van der Waals surface area (Å²) in [5, 5.41) is 9.42. The Balaban J connectivity index is 1.81. The number of aliphatic hydroxyl groups excluding tert-OH is 1. The molecule has 0 bridgehead atoms. The highest BCUT2D eigenvalue weighted by Gasteiger charge is 2.37. The van der Waals surface area contributed by atoms with E-state index in [0.717, 1.165) is 30.2 Å². The van der Waals surface area contributed by atoms with Gasteiger partial charge in [0.05, 0.1) is 6.10 Å². The molecular formula is C15H20N2O2S. The normalized spacial score (nSPS) is 22.4. The number of aliphatic hydroxyl groups is 1. The molecular weight excluding hydrogens is 272 g/mol. The first-order valence-electron chi connectivity index (χ1n) is 7.09. The van der Waals surface area contributed by atoms with Crippen molar-refractivity contribution in [1.82, 2.24) is 9.80 Å². The highest BCUT2D eigenvalue weighted by atomic mass is 32.2. The van der Waals surface area contributed by atoms with Crippen LogP contribution in [-0.4, -0.2) is 64.6 Å². The summed E-state index contributed by atoms with van der Waals surface area (Å²) in [7, 11) is 0. The molecule has 4 nitrogen and oxygen atoms in total. The van der Waals surface area contributed by atoms with Crippen molar-refractivity contribution in [2.75, 3.05) is 37.7 Å². The van der Waals surface area contributed by atoms with E-state index >= 15 is 0 Å². The van der Waals surface area contributed by atoms with Crippen molar-refractivity contribution < 1.29 is 9.90 Å². The minimum absolute atomic E-state index is 0.133. The number of rotatable bonds is 3. The maximum atomic E-state index is 12.7. The van der Waals surface area contributed by atoms with Gasteiger partial charge in [0.2, 0.25) is 5.91 Å². The Morgan fingerprint density at radius 2 is 1.85 bits per heavy atom. The van der Waals surface area contributed by atoms with E-state index in [9.17, 15) is 9.90 Å². The molecule has 0 radical (unpaired) electrons. The minimum atomic E-state index is -0.340. The fourth-order valence-electron chi connectivity index (χ4n) is 2.79. The number of hydrogen-bond acceptors (Lipinski definition) is 4. The van der Waals surface area contributed by atoms with Crippen molar-refractivity contribution in [1.29, 1.82) is 0 Å². The van der Waals surface area contributed by atoms with Gasteiger partial charge in [-0.2, -0.15) is 11.8 Å². The van der Waals surface area contributed by atoms with Gasteiger partial charge < -0.3 is 10.0 Å². The van der Waals surface area contributed by atoms with Crippen LogP contribution < -0.4 is 0 Å². The average Bonchev–Trinajstić information content (AvgIpc) is 2.46. The summed E-state index contributed by atoms with van der Waals surface area (Å²) < 4.78 is 0. The SMILES string of the molecule is O=C(C(c1ccccc1)N1CCSCC1)N1CC(O)C1. The molecule has 108 valence electrons. The number of amides is 1. The van der Waals surface area contributed by atoms with Gasteiger partial charge in [0.1, 0.15) is 6.04 Å². The van der Waals surface area contributed by atoms with Gasteiger partial charge in [-0.3, -0.25) is 9.69 Å². The van der Waals surface area contributed by atoms with Crippen LogP contribution in [0.3, 0.4) is 0 Å². The molecule has 2 aliphatic heterocycles. The highest BCUT2D eigenvalue weighted by Crippen LogP contribution is 2.27. The molecule has 0 aliphatic carbocycles. The van der Waals surface area contributed by atoms with E-state index in [1.165, 1.54) is 0 Å². The first-order valence-corrected chi connectivity index (χ1v) is 8.25. The van der Waals surface area contributed by atoms with Crippen LogP contribution in [0.15, 0.2) is 30.3 Å². The average molecular weight is 292 g/mol. The Morgan fingerprint density at radius 3 is 2.45 bits per heavy atom. The predicted octanol–water partition coefficient (Wildman–Crippen LogP) is 0.980. The number of benzene rings is 1. The molecule has 1 N–H and O–H groups in total. The van der Waals surface area contributed by atoms with Crippen molar-refractivity contribution in [3.05, 3.63) is 35.9 Å². The fourth-order valence-corrected chi connectivity index (χ4v) is 3.72. The van der Waals surface area contributed by atoms with Crippen molar-refractivity contribution in [2.45, 2.75) is 12.1 Å². The molecule has 1 amide bonds. The van der Waals surface area contributed by atoms with Crippen LogP contribution in [0.25, 0.3) is 0 Å². The predicted molar refractivity (Wildman–Crippen MR) is 80.7 cm³/mol. The molecule has 2 saturated heterocycles. The van der Waals surface area contributed by atoms with Gasteiger partial charge in [-0.05, 0) is 5.56 Å². The standard InChI is InChI=1S/C15H20N2O2S/c18-13-10-17(11-13)15(19)14(12-4-2-1-3-5-12)16-6-8-20-9-7-16/h1-5,13-14,18H,6-11H2. The van der Waals surface area contributed by atoms with Crippen LogP contribution in [-0.2, 0) is 4.79 Å². The number of nitrogens with zero attached hydrogens (tertiary/aromatic N) is 2. The third kappa shape index (κ3) is 2.85. The zero-order valence-corrected chi connectivity index (χ0v) is 12.3. The number of β-amino-alcohol motifs (C(OH)–C–C–N with tert-alkyl or cyclic N) is 1. The molecule has 20 heavy (non-hydrogen) atoms. The van der Waals surface area contributed by atoms with Gasteiger partial charge in [0.25, 0.3) is 0 Å². The Labute approximate surface area is 123 Å². The van der Waals surface area contributed by atoms with Crippen molar-refractivity contribution in [3.63, 3.8) is 0 Å². The van der Waals surface area contributed by atoms with E-state index in [-0.39, 0.29) is 18.1 Å². The van der Waals surface area contributed by atoms with E-state index in [1.54, 1.807) is 4.90 Å². The smallest absolute Gasteiger partial charge is 0.244 e. The van der Waals surface area contributed by atoms with Gasteiger partial charge >= 0.3 is 0 Å². The van der Waals surface area contributed by atoms with Crippen LogP contribution >= 0.6 is 11.8 Å². The van der Waals surface area contributed by atoms with Gasteiger partial charge in [0, 0.05) is 37.7 Å². The molecule has 2 fully saturated rings. The van der Waals surface area contributed by atoms with Crippen LogP contribution in [0.5, 0.6) is 0 Å². The molecule has 0 spiro atoms. The zero-order chi connectivity index (χ0) is 13.9. The Kier molecular flexibility index (Phi) is 4.29. The van der Waals surface area contributed by atoms with Gasteiger partial charge in [0.15, 0.2) is 0 Å². The Hall–Kier alpha value is -1.04. The van der Waals surface area contributed by atoms with Crippen LogP contribution in [0, 0.1) is 0 Å². The largest absolute Gasteiger partial charge is 0.389 e. The topological polar surface area (TPSA) is 43.8 Å². The maximum Gasteiger partial charge on any atom is 0.244 e. The lowest BCUT2D eigenvalue weighted by atomic mass is 10.0. The summed E-state index contributed by atoms with van der Waals surface area (Å²) in [6.45, 7) is 2.86. The van der Waals surface area contributed by atoms with E-state index in [2.05, 4.69) is 4.90 Å². The lowest BCUT2D eigenvalue weighted by Gasteiger charge is -2.42. The number of likely N-dealkylation sites (tertiary alicyclic amines) is 1. The Morgan fingerprint density at radius 1 is 1.20 bits per heavy atom. The van der Waals surface area contributed by atoms with Crippen LogP contribution in [0.4, 0.5) is 0 Å². The third-order valence-electron chi connectivity index (χ3n) is 3.93. The van der Waals surface area contributed by atoms with Crippen molar-refractivity contribution >= 4 is 17.7 Å². The quantitative estimate of drug-likeness (QED) is 0.902. The fraction of sp³-hybridized carbons (Fsp3) is 0.533. The molecule has 5 heteroatoms. The summed E-state index contributed by atoms with van der Waals surface area (Å²) >= 11 is 1.94. The van der Waals surface area contributed by atoms with Gasteiger partial charge in [-0.15, -0.1) is 0 Å². The molecule has 1 atom stereocenters.